The van der Waals surface area contributed by atoms with Crippen LogP contribution in [0.15, 0.2) is 103 Å². The van der Waals surface area contributed by atoms with Gasteiger partial charge < -0.3 is 0 Å². The van der Waals surface area contributed by atoms with Crippen LogP contribution in [0.5, 0.6) is 0 Å². The first-order chi connectivity index (χ1) is 16.5. The fourth-order valence-corrected chi connectivity index (χ4v) is 4.89. The predicted molar refractivity (Wildman–Crippen MR) is 133 cm³/mol. The fourth-order valence-electron chi connectivity index (χ4n) is 4.89. The molecule has 0 heterocycles. The molecule has 0 radical (unpaired) electrons. The quantitative estimate of drug-likeness (QED) is 0.241. The molecule has 164 valence electrons. The SMILES string of the molecule is FC(F)(F)c1ccc(C2=CC(=C3c4ccccc4C=Cc4ccccc43)c3ccccc32)cc1. The number of hydrogen-bond donors (Lipinski definition) is 0. The van der Waals surface area contributed by atoms with Crippen molar-refractivity contribution in [3.05, 3.63) is 148 Å². The predicted octanol–water partition coefficient (Wildman–Crippen LogP) is 8.59. The maximum Gasteiger partial charge on any atom is 0.416 e. The lowest BCUT2D eigenvalue weighted by Gasteiger charge is -2.15. The first-order valence-corrected chi connectivity index (χ1v) is 11.1. The highest BCUT2D eigenvalue weighted by atomic mass is 19.4. The van der Waals surface area contributed by atoms with Crippen LogP contribution in [0.3, 0.4) is 0 Å². The molecule has 4 aromatic rings. The van der Waals surface area contributed by atoms with Gasteiger partial charge in [-0.1, -0.05) is 97.1 Å². The maximum absolute atomic E-state index is 13.1. The second-order valence-electron chi connectivity index (χ2n) is 8.48. The van der Waals surface area contributed by atoms with Gasteiger partial charge in [-0.05, 0) is 73.9 Å². The zero-order valence-corrected chi connectivity index (χ0v) is 18.1. The van der Waals surface area contributed by atoms with E-state index in [1.165, 1.54) is 0 Å². The topological polar surface area (TPSA) is 0 Å². The summed E-state index contributed by atoms with van der Waals surface area (Å²) in [5, 5.41) is 0. The minimum atomic E-state index is -4.35. The fraction of sp³-hybridized carbons (Fsp3) is 0.0323. The van der Waals surface area contributed by atoms with E-state index in [1.54, 1.807) is 12.1 Å². The Hall–Kier alpha value is -4.11. The second-order valence-corrected chi connectivity index (χ2v) is 8.48. The van der Waals surface area contributed by atoms with Gasteiger partial charge in [0.2, 0.25) is 0 Å². The van der Waals surface area contributed by atoms with Crippen molar-refractivity contribution in [3.63, 3.8) is 0 Å². The Morgan fingerprint density at radius 2 is 1.00 bits per heavy atom. The molecule has 0 aliphatic heterocycles. The normalized spacial score (nSPS) is 14.3. The average molecular weight is 448 g/mol. The van der Waals surface area contributed by atoms with Crippen LogP contribution in [0.4, 0.5) is 13.2 Å². The molecule has 0 unspecified atom stereocenters. The molecule has 0 nitrogen and oxygen atoms in total. The molecule has 0 saturated heterocycles. The lowest BCUT2D eigenvalue weighted by molar-refractivity contribution is -0.137. The monoisotopic (exact) mass is 448 g/mol. The number of fused-ring (bicyclic) bond motifs is 3. The van der Waals surface area contributed by atoms with Crippen LogP contribution in [-0.4, -0.2) is 0 Å². The largest absolute Gasteiger partial charge is 0.416 e. The van der Waals surface area contributed by atoms with E-state index in [0.29, 0.717) is 0 Å². The van der Waals surface area contributed by atoms with E-state index in [0.717, 1.165) is 67.8 Å². The van der Waals surface area contributed by atoms with Gasteiger partial charge in [0, 0.05) is 0 Å². The van der Waals surface area contributed by atoms with Gasteiger partial charge in [-0.25, -0.2) is 0 Å². The molecule has 2 aliphatic rings. The Morgan fingerprint density at radius 1 is 0.500 bits per heavy atom. The van der Waals surface area contributed by atoms with Crippen LogP contribution in [0.25, 0.3) is 28.9 Å². The van der Waals surface area contributed by atoms with Crippen LogP contribution in [-0.2, 0) is 6.18 Å². The van der Waals surface area contributed by atoms with E-state index in [-0.39, 0.29) is 0 Å². The summed E-state index contributed by atoms with van der Waals surface area (Å²) in [6, 6.07) is 30.2. The van der Waals surface area contributed by atoms with Gasteiger partial charge in [-0.2, -0.15) is 13.2 Å². The number of benzene rings is 4. The highest BCUT2D eigenvalue weighted by Gasteiger charge is 2.31. The minimum absolute atomic E-state index is 0.639. The smallest absolute Gasteiger partial charge is 0.166 e. The number of allylic oxidation sites excluding steroid dienone is 2. The number of rotatable bonds is 1. The molecule has 3 heteroatoms. The summed E-state index contributed by atoms with van der Waals surface area (Å²) >= 11 is 0. The first-order valence-electron chi connectivity index (χ1n) is 11.1. The molecule has 34 heavy (non-hydrogen) atoms. The van der Waals surface area contributed by atoms with E-state index in [1.807, 2.05) is 42.5 Å². The van der Waals surface area contributed by atoms with Crippen molar-refractivity contribution in [3.8, 4) is 0 Å². The Balaban J connectivity index is 1.63. The van der Waals surface area contributed by atoms with Gasteiger partial charge in [0.1, 0.15) is 0 Å². The summed E-state index contributed by atoms with van der Waals surface area (Å²) in [6.07, 6.45) is 2.06. The van der Waals surface area contributed by atoms with Crippen molar-refractivity contribution in [2.45, 2.75) is 6.18 Å². The molecule has 2 aliphatic carbocycles. The standard InChI is InChI=1S/C31H19F3/c32-31(33,34)23-17-15-22(16-18-23)28-19-29(27-12-6-5-11-26(27)28)30-24-9-3-1-7-20(24)13-14-21-8-2-4-10-25(21)30/h1-19H. The van der Waals surface area contributed by atoms with E-state index in [2.05, 4.69) is 48.6 Å². The van der Waals surface area contributed by atoms with Crippen LogP contribution in [0.1, 0.15) is 44.5 Å². The summed E-state index contributed by atoms with van der Waals surface area (Å²) in [5.41, 5.74) is 9.92. The second kappa shape index (κ2) is 7.74. The van der Waals surface area contributed by atoms with E-state index in [4.69, 9.17) is 0 Å². The Labute approximate surface area is 196 Å². The molecule has 0 atom stereocenters. The van der Waals surface area contributed by atoms with E-state index < -0.39 is 11.7 Å². The maximum atomic E-state index is 13.1. The summed E-state index contributed by atoms with van der Waals surface area (Å²) in [6.45, 7) is 0. The van der Waals surface area contributed by atoms with Gasteiger partial charge in [-0.15, -0.1) is 0 Å². The molecule has 0 aromatic heterocycles. The Kier molecular flexibility index (Phi) is 4.66. The molecule has 0 spiro atoms. The van der Waals surface area contributed by atoms with Crippen molar-refractivity contribution in [1.29, 1.82) is 0 Å². The van der Waals surface area contributed by atoms with E-state index >= 15 is 0 Å². The van der Waals surface area contributed by atoms with Crippen LogP contribution in [0.2, 0.25) is 0 Å². The first kappa shape index (κ1) is 20.5. The number of halogens is 3. The molecule has 6 rings (SSSR count). The van der Waals surface area contributed by atoms with Crippen molar-refractivity contribution in [1.82, 2.24) is 0 Å². The van der Waals surface area contributed by atoms with Crippen molar-refractivity contribution < 1.29 is 13.2 Å². The van der Waals surface area contributed by atoms with Crippen molar-refractivity contribution in [2.75, 3.05) is 0 Å². The Bertz CT molecular complexity index is 1460. The summed E-state index contributed by atoms with van der Waals surface area (Å²) in [5.74, 6) is 0. The lowest BCUT2D eigenvalue weighted by atomic mass is 9.87. The molecule has 4 aromatic carbocycles. The van der Waals surface area contributed by atoms with Crippen LogP contribution >= 0.6 is 0 Å². The van der Waals surface area contributed by atoms with Crippen LogP contribution < -0.4 is 0 Å². The summed E-state index contributed by atoms with van der Waals surface area (Å²) in [4.78, 5) is 0. The zero-order chi connectivity index (χ0) is 23.3. The molecule has 0 saturated carbocycles. The third-order valence-corrected chi connectivity index (χ3v) is 6.49. The molecular weight excluding hydrogens is 429 g/mol. The van der Waals surface area contributed by atoms with E-state index in [9.17, 15) is 13.2 Å². The third-order valence-electron chi connectivity index (χ3n) is 6.49. The molecule has 0 bridgehead atoms. The van der Waals surface area contributed by atoms with Gasteiger partial charge in [0.05, 0.1) is 5.56 Å². The summed E-state index contributed by atoms with van der Waals surface area (Å²) in [7, 11) is 0. The molecular formula is C31H19F3. The Morgan fingerprint density at radius 3 is 1.56 bits per heavy atom. The molecule has 0 amide bonds. The highest BCUT2D eigenvalue weighted by molar-refractivity contribution is 6.14. The van der Waals surface area contributed by atoms with Gasteiger partial charge in [-0.3, -0.25) is 0 Å². The lowest BCUT2D eigenvalue weighted by Crippen LogP contribution is -2.04. The van der Waals surface area contributed by atoms with Crippen LogP contribution in [0, 0.1) is 0 Å². The van der Waals surface area contributed by atoms with Gasteiger partial charge in [0.15, 0.2) is 0 Å². The molecule has 0 N–H and O–H groups in total. The van der Waals surface area contributed by atoms with Crippen molar-refractivity contribution in [2.24, 2.45) is 0 Å². The number of hydrogen-bond acceptors (Lipinski definition) is 0. The van der Waals surface area contributed by atoms with Gasteiger partial charge >= 0.3 is 6.18 Å². The third kappa shape index (κ3) is 3.32. The van der Waals surface area contributed by atoms with Gasteiger partial charge in [0.25, 0.3) is 0 Å². The highest BCUT2D eigenvalue weighted by Crippen LogP contribution is 2.46. The minimum Gasteiger partial charge on any atom is -0.166 e. The number of alkyl halides is 3. The van der Waals surface area contributed by atoms with Crippen molar-refractivity contribution >= 4 is 28.9 Å². The molecule has 0 fully saturated rings. The average Bonchev–Trinajstić information content (AvgIpc) is 3.14. The summed E-state index contributed by atoms with van der Waals surface area (Å²) < 4.78 is 39.4. The zero-order valence-electron chi connectivity index (χ0n) is 18.1.